The van der Waals surface area contributed by atoms with E-state index in [0.29, 0.717) is 18.2 Å². The summed E-state index contributed by atoms with van der Waals surface area (Å²) < 4.78 is 39.0. The number of rotatable bonds is 5. The Morgan fingerprint density at radius 2 is 2.11 bits per heavy atom. The van der Waals surface area contributed by atoms with Crippen molar-refractivity contribution in [1.29, 1.82) is 0 Å². The number of hydrogen-bond donors (Lipinski definition) is 2. The highest BCUT2D eigenvalue weighted by atomic mass is 35.5. The van der Waals surface area contributed by atoms with E-state index >= 15 is 0 Å². The highest BCUT2D eigenvalue weighted by Gasteiger charge is 2.22. The summed E-state index contributed by atoms with van der Waals surface area (Å²) in [5.74, 6) is -0.722. The normalized spacial score (nSPS) is 15.9. The predicted octanol–water partition coefficient (Wildman–Crippen LogP) is 1.64. The van der Waals surface area contributed by atoms with E-state index in [9.17, 15) is 12.8 Å². The lowest BCUT2D eigenvalue weighted by atomic mass is 10.2. The third-order valence-corrected chi connectivity index (χ3v) is 4.63. The summed E-state index contributed by atoms with van der Waals surface area (Å²) in [6.07, 6.45) is 2.18. The lowest BCUT2D eigenvalue weighted by Crippen LogP contribution is -2.20. The van der Waals surface area contributed by atoms with Crippen LogP contribution in [0.1, 0.15) is 18.4 Å². The molecule has 1 aliphatic carbocycles. The molecule has 4 nitrogen and oxygen atoms in total. The molecule has 18 heavy (non-hydrogen) atoms. The number of sulfonamides is 1. The van der Waals surface area contributed by atoms with E-state index in [4.69, 9.17) is 11.6 Å². The van der Waals surface area contributed by atoms with Crippen LogP contribution in [0.25, 0.3) is 0 Å². The number of nitrogens with one attached hydrogen (secondary N) is 2. The molecule has 0 aliphatic heterocycles. The smallest absolute Gasteiger partial charge is 0.240 e. The van der Waals surface area contributed by atoms with Crippen molar-refractivity contribution in [2.75, 3.05) is 7.05 Å². The molecule has 0 bridgehead atoms. The van der Waals surface area contributed by atoms with Gasteiger partial charge >= 0.3 is 0 Å². The molecule has 1 aromatic carbocycles. The Hall–Kier alpha value is -0.690. The third-order valence-electron chi connectivity index (χ3n) is 2.81. The van der Waals surface area contributed by atoms with Crippen molar-refractivity contribution in [3.05, 3.63) is 28.5 Å². The van der Waals surface area contributed by atoms with Gasteiger partial charge in [-0.1, -0.05) is 11.6 Å². The van der Waals surface area contributed by atoms with Gasteiger partial charge in [0, 0.05) is 12.6 Å². The van der Waals surface area contributed by atoms with Crippen LogP contribution < -0.4 is 10.0 Å². The zero-order chi connectivity index (χ0) is 13.3. The SMILES string of the molecule is CNS(=O)(=O)c1cc(F)c(Cl)c(CNC2CC2)c1. The number of halogens is 2. The standard InChI is InChI=1S/C11H14ClFN2O2S/c1-14-18(16,17)9-4-7(6-15-8-2-3-8)11(12)10(13)5-9/h4-5,8,14-15H,2-3,6H2,1H3. The molecule has 2 N–H and O–H groups in total. The summed E-state index contributed by atoms with van der Waals surface area (Å²) in [6, 6.07) is 2.76. The van der Waals surface area contributed by atoms with Crippen LogP contribution in [-0.4, -0.2) is 21.5 Å². The van der Waals surface area contributed by atoms with Crippen molar-refractivity contribution in [2.45, 2.75) is 30.3 Å². The summed E-state index contributed by atoms with van der Waals surface area (Å²) in [6.45, 7) is 0.369. The second-order valence-corrected chi connectivity index (χ2v) is 6.51. The second-order valence-electron chi connectivity index (χ2n) is 4.24. The maximum atomic E-state index is 13.6. The zero-order valence-corrected chi connectivity index (χ0v) is 11.4. The summed E-state index contributed by atoms with van der Waals surface area (Å²) in [4.78, 5) is -0.112. The Labute approximate surface area is 111 Å². The maximum Gasteiger partial charge on any atom is 0.240 e. The Bertz CT molecular complexity index is 558. The van der Waals surface area contributed by atoms with E-state index in [1.54, 1.807) is 0 Å². The van der Waals surface area contributed by atoms with Gasteiger partial charge in [-0.3, -0.25) is 0 Å². The topological polar surface area (TPSA) is 58.2 Å². The largest absolute Gasteiger partial charge is 0.310 e. The van der Waals surface area contributed by atoms with Crippen LogP contribution in [0.3, 0.4) is 0 Å². The summed E-state index contributed by atoms with van der Waals surface area (Å²) >= 11 is 5.83. The number of hydrogen-bond acceptors (Lipinski definition) is 3. The highest BCUT2D eigenvalue weighted by molar-refractivity contribution is 7.89. The number of benzene rings is 1. The van der Waals surface area contributed by atoms with Crippen LogP contribution in [0.2, 0.25) is 5.02 Å². The fourth-order valence-electron chi connectivity index (χ4n) is 1.56. The van der Waals surface area contributed by atoms with E-state index in [1.165, 1.54) is 13.1 Å². The molecule has 0 aromatic heterocycles. The van der Waals surface area contributed by atoms with Gasteiger partial charge in [0.2, 0.25) is 10.0 Å². The molecule has 0 radical (unpaired) electrons. The first-order valence-corrected chi connectivity index (χ1v) is 7.45. The fourth-order valence-corrected chi connectivity index (χ4v) is 2.53. The molecule has 1 aliphatic rings. The van der Waals surface area contributed by atoms with Crippen molar-refractivity contribution >= 4 is 21.6 Å². The first-order valence-electron chi connectivity index (χ1n) is 5.59. The van der Waals surface area contributed by atoms with Gasteiger partial charge in [-0.05, 0) is 37.6 Å². The molecule has 1 fully saturated rings. The monoisotopic (exact) mass is 292 g/mol. The van der Waals surface area contributed by atoms with Crippen LogP contribution in [0.4, 0.5) is 4.39 Å². The van der Waals surface area contributed by atoms with Gasteiger partial charge in [-0.15, -0.1) is 0 Å². The van der Waals surface area contributed by atoms with Gasteiger partial charge in [-0.25, -0.2) is 17.5 Å². The molecule has 0 saturated heterocycles. The van der Waals surface area contributed by atoms with Crippen molar-refractivity contribution in [1.82, 2.24) is 10.0 Å². The lowest BCUT2D eigenvalue weighted by molar-refractivity contribution is 0.582. The van der Waals surface area contributed by atoms with Crippen LogP contribution in [0, 0.1) is 5.82 Å². The first kappa shape index (κ1) is 13.7. The van der Waals surface area contributed by atoms with Crippen molar-refractivity contribution in [2.24, 2.45) is 0 Å². The van der Waals surface area contributed by atoms with Crippen LogP contribution in [-0.2, 0) is 16.6 Å². The van der Waals surface area contributed by atoms with Crippen LogP contribution in [0.15, 0.2) is 17.0 Å². The minimum absolute atomic E-state index is 0.0294. The molecule has 7 heteroatoms. The maximum absolute atomic E-state index is 13.6. The van der Waals surface area contributed by atoms with Gasteiger partial charge in [0.15, 0.2) is 0 Å². The highest BCUT2D eigenvalue weighted by Crippen LogP contribution is 2.26. The zero-order valence-electron chi connectivity index (χ0n) is 9.83. The van der Waals surface area contributed by atoms with Gasteiger partial charge < -0.3 is 5.32 Å². The van der Waals surface area contributed by atoms with E-state index < -0.39 is 15.8 Å². The molecule has 0 spiro atoms. The molecule has 2 rings (SSSR count). The first-order chi connectivity index (χ1) is 8.44. The van der Waals surface area contributed by atoms with Crippen molar-refractivity contribution in [3.8, 4) is 0 Å². The second kappa shape index (κ2) is 5.13. The minimum atomic E-state index is -3.66. The average molecular weight is 293 g/mol. The quantitative estimate of drug-likeness (QED) is 0.867. The lowest BCUT2D eigenvalue weighted by Gasteiger charge is -2.10. The minimum Gasteiger partial charge on any atom is -0.310 e. The Balaban J connectivity index is 2.32. The molecule has 1 aromatic rings. The molecule has 0 heterocycles. The Kier molecular flexibility index (Phi) is 3.91. The van der Waals surface area contributed by atoms with Gasteiger partial charge in [0.05, 0.1) is 9.92 Å². The molecular weight excluding hydrogens is 279 g/mol. The van der Waals surface area contributed by atoms with Gasteiger partial charge in [-0.2, -0.15) is 0 Å². The molecule has 0 atom stereocenters. The van der Waals surface area contributed by atoms with E-state index in [2.05, 4.69) is 10.0 Å². The Morgan fingerprint density at radius 3 is 2.67 bits per heavy atom. The van der Waals surface area contributed by atoms with Crippen LogP contribution in [0.5, 0.6) is 0 Å². The fraction of sp³-hybridized carbons (Fsp3) is 0.455. The summed E-state index contributed by atoms with van der Waals surface area (Å²) in [5.41, 5.74) is 0.456. The van der Waals surface area contributed by atoms with Gasteiger partial charge in [0.25, 0.3) is 0 Å². The molecule has 0 amide bonds. The average Bonchev–Trinajstić information content (AvgIpc) is 3.14. The van der Waals surface area contributed by atoms with E-state index in [1.807, 2.05) is 0 Å². The van der Waals surface area contributed by atoms with Gasteiger partial charge in [0.1, 0.15) is 5.82 Å². The molecule has 0 unspecified atom stereocenters. The summed E-state index contributed by atoms with van der Waals surface area (Å²) in [5, 5.41) is 3.14. The molecular formula is C11H14ClFN2O2S. The Morgan fingerprint density at radius 1 is 1.44 bits per heavy atom. The van der Waals surface area contributed by atoms with Crippen LogP contribution >= 0.6 is 11.6 Å². The molecule has 1 saturated carbocycles. The third kappa shape index (κ3) is 3.00. The van der Waals surface area contributed by atoms with E-state index in [-0.39, 0.29) is 9.92 Å². The predicted molar refractivity (Wildman–Crippen MR) is 67.5 cm³/mol. The van der Waals surface area contributed by atoms with Crippen molar-refractivity contribution in [3.63, 3.8) is 0 Å². The van der Waals surface area contributed by atoms with Crippen molar-refractivity contribution < 1.29 is 12.8 Å². The molecule has 100 valence electrons. The summed E-state index contributed by atoms with van der Waals surface area (Å²) in [7, 11) is -2.38. The van der Waals surface area contributed by atoms with E-state index in [0.717, 1.165) is 18.9 Å².